The third kappa shape index (κ3) is 4.62. The topological polar surface area (TPSA) is 91.5 Å². The maximum atomic E-state index is 12.7. The van der Waals surface area contributed by atoms with Crippen LogP contribution in [0.4, 0.5) is 0 Å². The zero-order valence-corrected chi connectivity index (χ0v) is 17.8. The molecule has 4 rings (SSSR count). The fraction of sp³-hybridized carbons (Fsp3) is 0.450. The summed E-state index contributed by atoms with van der Waals surface area (Å²) < 4.78 is 32.5. The lowest BCUT2D eigenvalue weighted by Gasteiger charge is -2.24. The Morgan fingerprint density at radius 3 is 2.79 bits per heavy atom. The molecular weight excluding hydrogens is 410 g/mol. The summed E-state index contributed by atoms with van der Waals surface area (Å²) in [7, 11) is -3.56. The number of aromatic nitrogens is 1. The van der Waals surface area contributed by atoms with Crippen LogP contribution in [0.5, 0.6) is 5.75 Å². The van der Waals surface area contributed by atoms with E-state index in [0.717, 1.165) is 30.1 Å². The van der Waals surface area contributed by atoms with E-state index in [1.807, 2.05) is 6.07 Å². The van der Waals surface area contributed by atoms with Crippen LogP contribution in [0, 0.1) is 0 Å². The standard InChI is InChI=1S/C20H25N3O4S2/c24-20(21-6-9-27-17-5-4-15-2-1-3-16(15)12-17)19-13-18(14-22-19)29(25,26)23-7-10-28-11-8-23/h4-5,12-14,22H,1-3,6-11H2,(H,21,24). The van der Waals surface area contributed by atoms with Gasteiger partial charge in [-0.1, -0.05) is 6.07 Å². The van der Waals surface area contributed by atoms with Gasteiger partial charge in [0.1, 0.15) is 22.9 Å². The Morgan fingerprint density at radius 2 is 1.97 bits per heavy atom. The number of nitrogens with one attached hydrogen (secondary N) is 2. The second-order valence-electron chi connectivity index (χ2n) is 7.15. The number of hydrogen-bond acceptors (Lipinski definition) is 5. The van der Waals surface area contributed by atoms with E-state index in [0.29, 0.717) is 26.2 Å². The van der Waals surface area contributed by atoms with Gasteiger partial charge in [0.25, 0.3) is 5.91 Å². The number of H-pyrrole nitrogens is 1. The van der Waals surface area contributed by atoms with E-state index in [1.54, 1.807) is 11.8 Å². The van der Waals surface area contributed by atoms with E-state index >= 15 is 0 Å². The summed E-state index contributed by atoms with van der Waals surface area (Å²) in [5.41, 5.74) is 2.97. The van der Waals surface area contributed by atoms with Crippen molar-refractivity contribution in [1.29, 1.82) is 0 Å². The molecule has 0 unspecified atom stereocenters. The number of hydrogen-bond donors (Lipinski definition) is 2. The largest absolute Gasteiger partial charge is 0.492 e. The van der Waals surface area contributed by atoms with E-state index in [9.17, 15) is 13.2 Å². The summed E-state index contributed by atoms with van der Waals surface area (Å²) >= 11 is 1.75. The minimum Gasteiger partial charge on any atom is -0.492 e. The van der Waals surface area contributed by atoms with Crippen LogP contribution >= 0.6 is 11.8 Å². The minimum atomic E-state index is -3.56. The molecule has 2 aromatic rings. The first-order chi connectivity index (χ1) is 14.0. The highest BCUT2D eigenvalue weighted by molar-refractivity contribution is 7.99. The van der Waals surface area contributed by atoms with Crippen LogP contribution in [0.15, 0.2) is 35.4 Å². The number of ether oxygens (including phenoxy) is 1. The van der Waals surface area contributed by atoms with E-state index in [2.05, 4.69) is 22.4 Å². The van der Waals surface area contributed by atoms with Crippen LogP contribution < -0.4 is 10.1 Å². The molecule has 1 saturated heterocycles. The quantitative estimate of drug-likeness (QED) is 0.650. The van der Waals surface area contributed by atoms with Gasteiger partial charge in [0, 0.05) is 30.8 Å². The fourth-order valence-corrected chi connectivity index (χ4v) is 6.23. The van der Waals surface area contributed by atoms with E-state index in [-0.39, 0.29) is 16.5 Å². The van der Waals surface area contributed by atoms with E-state index in [1.165, 1.54) is 34.1 Å². The molecular formula is C20H25N3O4S2. The number of carbonyl (C=O) groups is 1. The van der Waals surface area contributed by atoms with Crippen molar-refractivity contribution in [3.63, 3.8) is 0 Å². The van der Waals surface area contributed by atoms with Gasteiger partial charge in [-0.25, -0.2) is 8.42 Å². The van der Waals surface area contributed by atoms with Crippen molar-refractivity contribution in [2.24, 2.45) is 0 Å². The van der Waals surface area contributed by atoms with Gasteiger partial charge in [0.15, 0.2) is 0 Å². The van der Waals surface area contributed by atoms with Gasteiger partial charge in [0.05, 0.1) is 6.54 Å². The molecule has 0 radical (unpaired) electrons. The number of aromatic amines is 1. The van der Waals surface area contributed by atoms with Crippen molar-refractivity contribution in [3.8, 4) is 5.75 Å². The summed E-state index contributed by atoms with van der Waals surface area (Å²) in [5, 5.41) is 2.76. The molecule has 1 aromatic heterocycles. The monoisotopic (exact) mass is 435 g/mol. The van der Waals surface area contributed by atoms with Crippen LogP contribution in [-0.4, -0.2) is 61.4 Å². The number of carbonyl (C=O) groups excluding carboxylic acids is 1. The molecule has 1 amide bonds. The number of amides is 1. The number of rotatable bonds is 7. The number of aryl methyl sites for hydroxylation is 2. The van der Waals surface area contributed by atoms with E-state index < -0.39 is 10.0 Å². The average molecular weight is 436 g/mol. The van der Waals surface area contributed by atoms with Gasteiger partial charge >= 0.3 is 0 Å². The zero-order chi connectivity index (χ0) is 20.3. The van der Waals surface area contributed by atoms with Crippen LogP contribution in [-0.2, 0) is 22.9 Å². The lowest BCUT2D eigenvalue weighted by molar-refractivity contribution is 0.0942. The first kappa shape index (κ1) is 20.3. The molecule has 9 heteroatoms. The van der Waals surface area contributed by atoms with Crippen molar-refractivity contribution < 1.29 is 17.9 Å². The second kappa shape index (κ2) is 8.81. The maximum absolute atomic E-state index is 12.7. The highest BCUT2D eigenvalue weighted by atomic mass is 32.2. The van der Waals surface area contributed by atoms with Crippen LogP contribution in [0.3, 0.4) is 0 Å². The Balaban J connectivity index is 1.28. The van der Waals surface area contributed by atoms with Gasteiger partial charge in [-0.2, -0.15) is 16.1 Å². The smallest absolute Gasteiger partial charge is 0.267 e. The van der Waals surface area contributed by atoms with E-state index in [4.69, 9.17) is 4.74 Å². The SMILES string of the molecule is O=C(NCCOc1ccc2c(c1)CCC2)c1cc(S(=O)(=O)N2CCSCC2)c[nH]1. The summed E-state index contributed by atoms with van der Waals surface area (Å²) in [6, 6.07) is 7.55. The second-order valence-corrected chi connectivity index (χ2v) is 10.3. The minimum absolute atomic E-state index is 0.129. The number of nitrogens with zero attached hydrogens (tertiary/aromatic N) is 1. The first-order valence-corrected chi connectivity index (χ1v) is 12.4. The Morgan fingerprint density at radius 1 is 1.17 bits per heavy atom. The average Bonchev–Trinajstić information content (AvgIpc) is 3.41. The summed E-state index contributed by atoms with van der Waals surface area (Å²) in [6.07, 6.45) is 4.81. The molecule has 156 valence electrons. The first-order valence-electron chi connectivity index (χ1n) is 9.83. The fourth-order valence-electron chi connectivity index (χ4n) is 3.66. The normalized spacial score (nSPS) is 17.1. The molecule has 0 saturated carbocycles. The number of fused-ring (bicyclic) bond motifs is 1. The van der Waals surface area contributed by atoms with Crippen LogP contribution in [0.1, 0.15) is 28.0 Å². The molecule has 0 spiro atoms. The lowest BCUT2D eigenvalue weighted by atomic mass is 10.1. The summed E-state index contributed by atoms with van der Waals surface area (Å²) in [4.78, 5) is 15.2. The third-order valence-corrected chi connectivity index (χ3v) is 8.05. The molecule has 2 N–H and O–H groups in total. The van der Waals surface area contributed by atoms with Crippen molar-refractivity contribution in [3.05, 3.63) is 47.3 Å². The van der Waals surface area contributed by atoms with Gasteiger partial charge in [-0.3, -0.25) is 4.79 Å². The van der Waals surface area contributed by atoms with Gasteiger partial charge in [-0.05, 0) is 48.6 Å². The number of thioether (sulfide) groups is 1. The molecule has 2 aliphatic rings. The maximum Gasteiger partial charge on any atom is 0.267 e. The molecule has 0 bridgehead atoms. The van der Waals surface area contributed by atoms with Gasteiger partial charge in [-0.15, -0.1) is 0 Å². The highest BCUT2D eigenvalue weighted by Gasteiger charge is 2.27. The molecule has 2 heterocycles. The molecule has 1 aliphatic heterocycles. The molecule has 29 heavy (non-hydrogen) atoms. The number of sulfonamides is 1. The van der Waals surface area contributed by atoms with Crippen molar-refractivity contribution >= 4 is 27.7 Å². The summed E-state index contributed by atoms with van der Waals surface area (Å²) in [5.74, 6) is 2.05. The Kier molecular flexibility index (Phi) is 6.17. The Labute approximate surface area is 175 Å². The molecule has 1 aliphatic carbocycles. The Hall–Kier alpha value is -1.97. The third-order valence-electron chi connectivity index (χ3n) is 5.24. The molecule has 1 fully saturated rings. The van der Waals surface area contributed by atoms with Gasteiger partial charge in [0.2, 0.25) is 10.0 Å². The zero-order valence-electron chi connectivity index (χ0n) is 16.1. The highest BCUT2D eigenvalue weighted by Crippen LogP contribution is 2.26. The lowest BCUT2D eigenvalue weighted by Crippen LogP contribution is -2.37. The molecule has 7 nitrogen and oxygen atoms in total. The van der Waals surface area contributed by atoms with Crippen molar-refractivity contribution in [2.75, 3.05) is 37.7 Å². The van der Waals surface area contributed by atoms with Crippen LogP contribution in [0.25, 0.3) is 0 Å². The van der Waals surface area contributed by atoms with Crippen molar-refractivity contribution in [1.82, 2.24) is 14.6 Å². The Bertz CT molecular complexity index is 981. The van der Waals surface area contributed by atoms with Crippen LogP contribution in [0.2, 0.25) is 0 Å². The molecule has 1 aromatic carbocycles. The number of benzene rings is 1. The van der Waals surface area contributed by atoms with Crippen molar-refractivity contribution in [2.45, 2.75) is 24.2 Å². The predicted octanol–water partition coefficient (Wildman–Crippen LogP) is 2.05. The summed E-state index contributed by atoms with van der Waals surface area (Å²) in [6.45, 7) is 1.68. The predicted molar refractivity (Wildman–Crippen MR) is 113 cm³/mol. The molecule has 0 atom stereocenters. The van der Waals surface area contributed by atoms with Gasteiger partial charge < -0.3 is 15.0 Å².